The number of rotatable bonds is 7. The molecule has 2 aromatic carbocycles. The molecule has 0 saturated heterocycles. The summed E-state index contributed by atoms with van der Waals surface area (Å²) in [6.07, 6.45) is 0.680. The van der Waals surface area contributed by atoms with Gasteiger partial charge in [-0.1, -0.05) is 36.4 Å². The summed E-state index contributed by atoms with van der Waals surface area (Å²) >= 11 is 0. The van der Waals surface area contributed by atoms with Crippen LogP contribution in [0.2, 0.25) is 0 Å². The lowest BCUT2D eigenvalue weighted by Crippen LogP contribution is -2.24. The minimum absolute atomic E-state index is 0.0234. The lowest BCUT2D eigenvalue weighted by molar-refractivity contribution is 0.0287. The second-order valence-corrected chi connectivity index (χ2v) is 6.53. The number of ether oxygens (including phenoxy) is 2. The fraction of sp³-hybridized carbons (Fsp3) is 0.130. The number of esters is 1. The van der Waals surface area contributed by atoms with Crippen LogP contribution in [-0.4, -0.2) is 22.8 Å². The van der Waals surface area contributed by atoms with Crippen molar-refractivity contribution in [3.05, 3.63) is 90.0 Å². The Hall–Kier alpha value is -3.80. The maximum Gasteiger partial charge on any atom is 0.374 e. The molecule has 0 amide bonds. The number of carbonyl (C=O) groups is 2. The van der Waals surface area contributed by atoms with Gasteiger partial charge in [-0.05, 0) is 37.3 Å². The second kappa shape index (κ2) is 8.06. The van der Waals surface area contributed by atoms with Gasteiger partial charge in [0.15, 0.2) is 6.10 Å². The molecule has 146 valence electrons. The zero-order valence-electron chi connectivity index (χ0n) is 15.8. The van der Waals surface area contributed by atoms with Crippen LogP contribution in [0.25, 0.3) is 10.9 Å². The van der Waals surface area contributed by atoms with E-state index in [0.717, 1.165) is 10.9 Å². The summed E-state index contributed by atoms with van der Waals surface area (Å²) in [6, 6.07) is 19.9. The van der Waals surface area contributed by atoms with Gasteiger partial charge in [0, 0.05) is 22.7 Å². The molecule has 0 spiro atoms. The maximum atomic E-state index is 12.7. The predicted octanol–water partition coefficient (Wildman–Crippen LogP) is 4.77. The average Bonchev–Trinajstić information content (AvgIpc) is 3.40. The van der Waals surface area contributed by atoms with E-state index in [0.29, 0.717) is 17.1 Å². The summed E-state index contributed by atoms with van der Waals surface area (Å²) < 4.78 is 16.4. The van der Waals surface area contributed by atoms with Gasteiger partial charge in [-0.3, -0.25) is 4.79 Å². The monoisotopic (exact) mass is 389 g/mol. The number of fused-ring (bicyclic) bond motifs is 1. The molecule has 0 aliphatic heterocycles. The Morgan fingerprint density at radius 2 is 1.76 bits per heavy atom. The lowest BCUT2D eigenvalue weighted by atomic mass is 10.1. The lowest BCUT2D eigenvalue weighted by Gasteiger charge is -2.10. The van der Waals surface area contributed by atoms with E-state index in [9.17, 15) is 9.59 Å². The average molecular weight is 389 g/mol. The van der Waals surface area contributed by atoms with Crippen molar-refractivity contribution in [1.82, 2.24) is 4.98 Å². The first-order valence-electron chi connectivity index (χ1n) is 9.19. The molecule has 2 aromatic heterocycles. The van der Waals surface area contributed by atoms with E-state index in [4.69, 9.17) is 13.9 Å². The highest BCUT2D eigenvalue weighted by molar-refractivity contribution is 6.10. The van der Waals surface area contributed by atoms with Crippen LogP contribution in [0.15, 0.2) is 77.3 Å². The normalized spacial score (nSPS) is 11.9. The number of nitrogens with one attached hydrogen (secondary N) is 1. The summed E-state index contributed by atoms with van der Waals surface area (Å²) in [6.45, 7) is 1.73. The van der Waals surface area contributed by atoms with Gasteiger partial charge in [0.05, 0.1) is 0 Å². The third-order valence-corrected chi connectivity index (χ3v) is 4.49. The van der Waals surface area contributed by atoms with E-state index in [1.165, 1.54) is 6.07 Å². The summed E-state index contributed by atoms with van der Waals surface area (Å²) in [5.74, 6) is 0.226. The molecule has 0 aliphatic carbocycles. The van der Waals surface area contributed by atoms with Crippen molar-refractivity contribution in [1.29, 1.82) is 0 Å². The first-order chi connectivity index (χ1) is 14.1. The number of Topliss-reactive ketones (excluding diaryl/α,β-unsaturated/α-hetero) is 1. The summed E-state index contributed by atoms with van der Waals surface area (Å²) in [5.41, 5.74) is 1.33. The minimum atomic E-state index is -0.948. The van der Waals surface area contributed by atoms with E-state index in [-0.39, 0.29) is 18.2 Å². The maximum absolute atomic E-state index is 12.7. The summed E-state index contributed by atoms with van der Waals surface area (Å²) in [7, 11) is 0. The molecule has 1 N–H and O–H groups in total. The minimum Gasteiger partial charge on any atom is -0.486 e. The van der Waals surface area contributed by atoms with Crippen LogP contribution in [0.4, 0.5) is 0 Å². The SMILES string of the molecule is C[C@@H](OC(=O)c1ccc(COc2ccccc2)o1)C(=O)c1c[nH]c2ccccc12. The van der Waals surface area contributed by atoms with Crippen LogP contribution in [-0.2, 0) is 11.3 Å². The first-order valence-corrected chi connectivity index (χ1v) is 9.19. The largest absolute Gasteiger partial charge is 0.486 e. The van der Waals surface area contributed by atoms with Crippen LogP contribution < -0.4 is 4.74 Å². The van der Waals surface area contributed by atoms with Crippen LogP contribution in [0, 0.1) is 0 Å². The van der Waals surface area contributed by atoms with Crippen LogP contribution in [0.1, 0.15) is 33.6 Å². The van der Waals surface area contributed by atoms with E-state index in [1.807, 2.05) is 54.6 Å². The molecular formula is C23H19NO5. The van der Waals surface area contributed by atoms with Crippen molar-refractivity contribution in [2.24, 2.45) is 0 Å². The molecule has 6 nitrogen and oxygen atoms in total. The summed E-state index contributed by atoms with van der Waals surface area (Å²) in [4.78, 5) is 28.1. The number of para-hydroxylation sites is 2. The van der Waals surface area contributed by atoms with Crippen LogP contribution in [0.5, 0.6) is 5.75 Å². The van der Waals surface area contributed by atoms with Crippen molar-refractivity contribution in [3.8, 4) is 5.75 Å². The predicted molar refractivity (Wildman–Crippen MR) is 107 cm³/mol. The van der Waals surface area contributed by atoms with Gasteiger partial charge >= 0.3 is 5.97 Å². The number of ketones is 1. The molecule has 29 heavy (non-hydrogen) atoms. The van der Waals surface area contributed by atoms with Crippen molar-refractivity contribution in [2.75, 3.05) is 0 Å². The Balaban J connectivity index is 1.38. The molecule has 4 rings (SSSR count). The third-order valence-electron chi connectivity index (χ3n) is 4.49. The fourth-order valence-corrected chi connectivity index (χ4v) is 3.00. The quantitative estimate of drug-likeness (QED) is 0.364. The molecule has 1 atom stereocenters. The molecule has 0 bridgehead atoms. The Labute approximate surface area is 167 Å². The molecule has 0 radical (unpaired) electrons. The van der Waals surface area contributed by atoms with Crippen LogP contribution >= 0.6 is 0 Å². The summed E-state index contributed by atoms with van der Waals surface area (Å²) in [5, 5.41) is 0.791. The van der Waals surface area contributed by atoms with E-state index in [1.54, 1.807) is 19.2 Å². The fourth-order valence-electron chi connectivity index (χ4n) is 3.00. The van der Waals surface area contributed by atoms with Gasteiger partial charge in [0.2, 0.25) is 11.5 Å². The smallest absolute Gasteiger partial charge is 0.374 e. The van der Waals surface area contributed by atoms with E-state index in [2.05, 4.69) is 4.98 Å². The van der Waals surface area contributed by atoms with Gasteiger partial charge in [-0.15, -0.1) is 0 Å². The zero-order valence-corrected chi connectivity index (χ0v) is 15.8. The van der Waals surface area contributed by atoms with Gasteiger partial charge in [0.1, 0.15) is 18.1 Å². The first kappa shape index (κ1) is 18.6. The third kappa shape index (κ3) is 4.06. The molecule has 0 saturated carbocycles. The Kier molecular flexibility index (Phi) is 5.16. The number of H-pyrrole nitrogens is 1. The molecule has 0 unspecified atom stereocenters. The Morgan fingerprint density at radius 3 is 2.59 bits per heavy atom. The topological polar surface area (TPSA) is 81.5 Å². The zero-order chi connectivity index (χ0) is 20.2. The number of aromatic nitrogens is 1. The van der Waals surface area contributed by atoms with Crippen molar-refractivity contribution in [2.45, 2.75) is 19.6 Å². The molecule has 6 heteroatoms. The van der Waals surface area contributed by atoms with Gasteiger partial charge in [-0.25, -0.2) is 4.79 Å². The number of carbonyl (C=O) groups excluding carboxylic acids is 2. The molecule has 0 fully saturated rings. The highest BCUT2D eigenvalue weighted by Gasteiger charge is 2.24. The highest BCUT2D eigenvalue weighted by Crippen LogP contribution is 2.21. The van der Waals surface area contributed by atoms with Crippen LogP contribution in [0.3, 0.4) is 0 Å². The van der Waals surface area contributed by atoms with Gasteiger partial charge in [0.25, 0.3) is 0 Å². The Bertz CT molecular complexity index is 1140. The van der Waals surface area contributed by atoms with Gasteiger partial charge in [-0.2, -0.15) is 0 Å². The van der Waals surface area contributed by atoms with E-state index >= 15 is 0 Å². The number of benzene rings is 2. The van der Waals surface area contributed by atoms with Crippen molar-refractivity contribution < 1.29 is 23.5 Å². The van der Waals surface area contributed by atoms with Crippen molar-refractivity contribution in [3.63, 3.8) is 0 Å². The highest BCUT2D eigenvalue weighted by atomic mass is 16.6. The standard InChI is InChI=1S/C23H19NO5/c1-15(22(25)19-13-24-20-10-6-5-9-18(19)20)28-23(26)21-12-11-17(29-21)14-27-16-7-3-2-4-8-16/h2-13,15,24H,14H2,1H3/t15-/m1/s1. The molecule has 2 heterocycles. The number of hydrogen-bond acceptors (Lipinski definition) is 5. The molecule has 0 aliphatic rings. The van der Waals surface area contributed by atoms with E-state index < -0.39 is 12.1 Å². The van der Waals surface area contributed by atoms with Gasteiger partial charge < -0.3 is 18.9 Å². The Morgan fingerprint density at radius 1 is 1.00 bits per heavy atom. The van der Waals surface area contributed by atoms with Crippen molar-refractivity contribution >= 4 is 22.7 Å². The number of aromatic amines is 1. The molecular weight excluding hydrogens is 370 g/mol. The molecule has 4 aromatic rings. The number of hydrogen-bond donors (Lipinski definition) is 1. The number of furan rings is 1. The second-order valence-electron chi connectivity index (χ2n) is 6.53.